The number of aryl methyl sites for hydroxylation is 1. The second-order valence-electron chi connectivity index (χ2n) is 5.26. The van der Waals surface area contributed by atoms with E-state index < -0.39 is 4.92 Å². The molecule has 1 aromatic carbocycles. The molecule has 0 spiro atoms. The number of hydrogen-bond donors (Lipinski definition) is 2. The van der Waals surface area contributed by atoms with Crippen LogP contribution in [0.1, 0.15) is 15.9 Å². The normalized spacial score (nSPS) is 26.4. The number of nitrogens with one attached hydrogen (secondary N) is 2. The van der Waals surface area contributed by atoms with E-state index >= 15 is 0 Å². The van der Waals surface area contributed by atoms with Crippen molar-refractivity contribution in [1.82, 2.24) is 10.6 Å². The van der Waals surface area contributed by atoms with Crippen LogP contribution in [0.25, 0.3) is 0 Å². The molecule has 1 saturated heterocycles. The second-order valence-corrected chi connectivity index (χ2v) is 5.26. The summed E-state index contributed by atoms with van der Waals surface area (Å²) in [6, 6.07) is 4.78. The highest BCUT2D eigenvalue weighted by Crippen LogP contribution is 2.41. The number of hydrogen-bond acceptors (Lipinski definition) is 4. The van der Waals surface area contributed by atoms with E-state index in [0.29, 0.717) is 11.8 Å². The van der Waals surface area contributed by atoms with Gasteiger partial charge in [-0.2, -0.15) is 0 Å². The number of benzene rings is 1. The number of carbonyl (C=O) groups is 1. The first-order chi connectivity index (χ1) is 9.08. The van der Waals surface area contributed by atoms with Gasteiger partial charge >= 0.3 is 0 Å². The summed E-state index contributed by atoms with van der Waals surface area (Å²) in [5.74, 6) is 0.649. The minimum atomic E-state index is -0.510. The number of halogens is 1. The van der Waals surface area contributed by atoms with Gasteiger partial charge in [-0.15, -0.1) is 12.4 Å². The van der Waals surface area contributed by atoms with Crippen molar-refractivity contribution in [3.8, 4) is 0 Å². The van der Waals surface area contributed by atoms with Crippen LogP contribution >= 0.6 is 12.4 Å². The SMILES string of the molecule is Cc1ccc([N+](=O)[O-])c(C(=O)NC2C3CNCC32)c1.Cl. The number of fused-ring (bicyclic) bond motifs is 1. The smallest absolute Gasteiger partial charge is 0.282 e. The van der Waals surface area contributed by atoms with Crippen molar-refractivity contribution in [2.45, 2.75) is 13.0 Å². The van der Waals surface area contributed by atoms with Crippen LogP contribution in [-0.2, 0) is 0 Å². The first kappa shape index (κ1) is 14.7. The van der Waals surface area contributed by atoms with Crippen molar-refractivity contribution >= 4 is 24.0 Å². The molecule has 0 radical (unpaired) electrons. The van der Waals surface area contributed by atoms with Gasteiger partial charge in [-0.1, -0.05) is 6.07 Å². The van der Waals surface area contributed by atoms with Crippen LogP contribution < -0.4 is 10.6 Å². The molecule has 2 atom stereocenters. The highest BCUT2D eigenvalue weighted by atomic mass is 35.5. The Labute approximate surface area is 122 Å². The van der Waals surface area contributed by atoms with Gasteiger partial charge < -0.3 is 10.6 Å². The van der Waals surface area contributed by atoms with E-state index in [4.69, 9.17) is 0 Å². The fourth-order valence-electron chi connectivity index (χ4n) is 2.85. The molecule has 1 aromatic rings. The summed E-state index contributed by atoms with van der Waals surface area (Å²) in [4.78, 5) is 22.6. The fraction of sp³-hybridized carbons (Fsp3) is 0.462. The minimum Gasteiger partial charge on any atom is -0.348 e. The van der Waals surface area contributed by atoms with Crippen LogP contribution in [0.3, 0.4) is 0 Å². The van der Waals surface area contributed by atoms with Crippen LogP contribution in [0.15, 0.2) is 18.2 Å². The Morgan fingerprint density at radius 1 is 1.40 bits per heavy atom. The van der Waals surface area contributed by atoms with Crippen LogP contribution in [0, 0.1) is 28.9 Å². The van der Waals surface area contributed by atoms with Gasteiger partial charge in [0.2, 0.25) is 0 Å². The van der Waals surface area contributed by atoms with Gasteiger partial charge in [0.05, 0.1) is 4.92 Å². The van der Waals surface area contributed by atoms with E-state index in [0.717, 1.165) is 18.7 Å². The molecule has 1 saturated carbocycles. The Kier molecular flexibility index (Phi) is 3.96. The number of nitrogens with zero attached hydrogens (tertiary/aromatic N) is 1. The second kappa shape index (κ2) is 5.38. The molecule has 1 heterocycles. The van der Waals surface area contributed by atoms with Crippen molar-refractivity contribution in [1.29, 1.82) is 0 Å². The standard InChI is InChI=1S/C13H15N3O3.ClH/c1-7-2-3-11(16(18)19)8(4-7)13(17)15-12-9-5-14-6-10(9)12;/h2-4,9-10,12,14H,5-6H2,1H3,(H,15,17);1H. The molecular formula is C13H16ClN3O3. The molecule has 20 heavy (non-hydrogen) atoms. The number of piperidine rings is 1. The molecule has 1 aliphatic carbocycles. The summed E-state index contributed by atoms with van der Waals surface area (Å²) >= 11 is 0. The van der Waals surface area contributed by atoms with Crippen LogP contribution in [0.4, 0.5) is 5.69 Å². The lowest BCUT2D eigenvalue weighted by atomic mass is 10.1. The molecule has 2 fully saturated rings. The Hall–Kier alpha value is -1.66. The predicted octanol–water partition coefficient (Wildman–Crippen LogP) is 1.27. The summed E-state index contributed by atoms with van der Waals surface area (Å²) in [5, 5.41) is 17.1. The average Bonchev–Trinajstić information content (AvgIpc) is 2.82. The fourth-order valence-corrected chi connectivity index (χ4v) is 2.85. The number of amides is 1. The molecule has 2 aliphatic rings. The zero-order valence-electron chi connectivity index (χ0n) is 11.0. The number of rotatable bonds is 3. The van der Waals surface area contributed by atoms with Crippen LogP contribution in [0.5, 0.6) is 0 Å². The summed E-state index contributed by atoms with van der Waals surface area (Å²) in [6.07, 6.45) is 0. The van der Waals surface area contributed by atoms with Crippen molar-refractivity contribution in [2.75, 3.05) is 13.1 Å². The first-order valence-corrected chi connectivity index (χ1v) is 6.34. The molecule has 1 amide bonds. The molecule has 2 unspecified atom stereocenters. The first-order valence-electron chi connectivity index (χ1n) is 6.34. The largest absolute Gasteiger partial charge is 0.348 e. The molecule has 0 bridgehead atoms. The lowest BCUT2D eigenvalue weighted by Gasteiger charge is -2.08. The molecule has 6 nitrogen and oxygen atoms in total. The van der Waals surface area contributed by atoms with Gasteiger partial charge in [0, 0.05) is 25.2 Å². The molecule has 0 aromatic heterocycles. The summed E-state index contributed by atoms with van der Waals surface area (Å²) in [7, 11) is 0. The zero-order valence-corrected chi connectivity index (χ0v) is 11.8. The third-order valence-electron chi connectivity index (χ3n) is 3.98. The lowest BCUT2D eigenvalue weighted by molar-refractivity contribution is -0.385. The molecular weight excluding hydrogens is 282 g/mol. The Balaban J connectivity index is 0.00000147. The van der Waals surface area contributed by atoms with Crippen molar-refractivity contribution in [2.24, 2.45) is 11.8 Å². The van der Waals surface area contributed by atoms with Gasteiger partial charge in [-0.25, -0.2) is 0 Å². The van der Waals surface area contributed by atoms with E-state index in [1.807, 2.05) is 6.92 Å². The van der Waals surface area contributed by atoms with Crippen molar-refractivity contribution < 1.29 is 9.72 Å². The van der Waals surface area contributed by atoms with Gasteiger partial charge in [0.15, 0.2) is 0 Å². The Morgan fingerprint density at radius 2 is 2.05 bits per heavy atom. The van der Waals surface area contributed by atoms with E-state index in [-0.39, 0.29) is 35.6 Å². The van der Waals surface area contributed by atoms with Crippen molar-refractivity contribution in [3.05, 3.63) is 39.4 Å². The highest BCUT2D eigenvalue weighted by Gasteiger charge is 2.53. The lowest BCUT2D eigenvalue weighted by Crippen LogP contribution is -2.32. The third kappa shape index (κ3) is 2.48. The molecule has 2 N–H and O–H groups in total. The van der Waals surface area contributed by atoms with Crippen molar-refractivity contribution in [3.63, 3.8) is 0 Å². The summed E-state index contributed by atoms with van der Waals surface area (Å²) in [5.41, 5.74) is 0.864. The molecule has 7 heteroatoms. The predicted molar refractivity (Wildman–Crippen MR) is 76.2 cm³/mol. The van der Waals surface area contributed by atoms with E-state index in [1.165, 1.54) is 6.07 Å². The zero-order chi connectivity index (χ0) is 13.6. The Morgan fingerprint density at radius 3 is 2.65 bits per heavy atom. The van der Waals surface area contributed by atoms with Gasteiger partial charge in [0.1, 0.15) is 5.56 Å². The van der Waals surface area contributed by atoms with Gasteiger partial charge in [0.25, 0.3) is 11.6 Å². The molecule has 108 valence electrons. The number of nitro groups is 1. The quantitative estimate of drug-likeness (QED) is 0.650. The number of nitro benzene ring substituents is 1. The summed E-state index contributed by atoms with van der Waals surface area (Å²) in [6.45, 7) is 3.66. The maximum absolute atomic E-state index is 12.2. The topological polar surface area (TPSA) is 84.3 Å². The van der Waals surface area contributed by atoms with Gasteiger partial charge in [-0.3, -0.25) is 14.9 Å². The average molecular weight is 298 g/mol. The summed E-state index contributed by atoms with van der Waals surface area (Å²) < 4.78 is 0. The van der Waals surface area contributed by atoms with Gasteiger partial charge in [-0.05, 0) is 30.4 Å². The van der Waals surface area contributed by atoms with E-state index in [9.17, 15) is 14.9 Å². The molecule has 1 aliphatic heterocycles. The maximum atomic E-state index is 12.2. The van der Waals surface area contributed by atoms with E-state index in [2.05, 4.69) is 10.6 Å². The minimum absolute atomic E-state index is 0. The maximum Gasteiger partial charge on any atom is 0.282 e. The van der Waals surface area contributed by atoms with E-state index in [1.54, 1.807) is 12.1 Å². The highest BCUT2D eigenvalue weighted by molar-refractivity contribution is 5.98. The van der Waals surface area contributed by atoms with Crippen LogP contribution in [0.2, 0.25) is 0 Å². The monoisotopic (exact) mass is 297 g/mol. The molecule has 3 rings (SSSR count). The van der Waals surface area contributed by atoms with Crippen LogP contribution in [-0.4, -0.2) is 30.0 Å². The number of carbonyl (C=O) groups excluding carboxylic acids is 1. The Bertz CT molecular complexity index is 554. The third-order valence-corrected chi connectivity index (χ3v) is 3.98.